The summed E-state index contributed by atoms with van der Waals surface area (Å²) in [5.41, 5.74) is -0.237. The minimum atomic E-state index is -2.41. The first kappa shape index (κ1) is 33.7. The van der Waals surface area contributed by atoms with Gasteiger partial charge in [0.2, 0.25) is 11.6 Å². The lowest BCUT2D eigenvalue weighted by molar-refractivity contribution is -0.333. The molecule has 2 aliphatic rings. The Hall–Kier alpha value is -1.52. The molecule has 0 aromatic carbocycles. The van der Waals surface area contributed by atoms with E-state index in [0.29, 0.717) is 0 Å². The van der Waals surface area contributed by atoms with E-state index in [9.17, 15) is 65.8 Å². The van der Waals surface area contributed by atoms with Crippen LogP contribution in [0.3, 0.4) is 0 Å². The zero-order valence-electron chi connectivity index (χ0n) is 20.8. The van der Waals surface area contributed by atoms with Crippen molar-refractivity contribution in [3.63, 3.8) is 0 Å². The summed E-state index contributed by atoms with van der Waals surface area (Å²) in [5.74, 6) is -2.68. The van der Waals surface area contributed by atoms with Gasteiger partial charge in [0.1, 0.15) is 73.2 Å². The van der Waals surface area contributed by atoms with Gasteiger partial charge in [-0.25, -0.2) is 0 Å². The highest BCUT2D eigenvalue weighted by Crippen LogP contribution is 2.26. The standard InChI is InChI=1S/C22H36O17/c1-6(2)10(25)14(29)18(33)15(30)11(26)7(24)4-36-21-20(35)17(32)13(28)9(39-21)5-37-22-19(34)16(31)12(27)8(3-23)38-22/h7-9,11-13,15-24,26-28,30-35H,1,3-5H2,2H3/t7-,8-,9-,11-,12-,13-,15+,16+,17+,18+,19-,20-,21+,22+/m1/s1. The van der Waals surface area contributed by atoms with Crippen molar-refractivity contribution in [3.8, 4) is 0 Å². The molecule has 0 radical (unpaired) electrons. The van der Waals surface area contributed by atoms with E-state index in [0.717, 1.165) is 0 Å². The summed E-state index contributed by atoms with van der Waals surface area (Å²) in [5, 5.41) is 110. The molecule has 39 heavy (non-hydrogen) atoms. The van der Waals surface area contributed by atoms with E-state index in [4.69, 9.17) is 18.9 Å². The fourth-order valence-corrected chi connectivity index (χ4v) is 3.79. The molecule has 2 rings (SSSR count). The molecule has 2 saturated heterocycles. The first-order valence-electron chi connectivity index (χ1n) is 11.8. The number of allylic oxidation sites excluding steroid dienone is 1. The van der Waals surface area contributed by atoms with Crippen molar-refractivity contribution in [1.82, 2.24) is 0 Å². The van der Waals surface area contributed by atoms with Gasteiger partial charge in [0.15, 0.2) is 12.6 Å². The molecule has 0 aromatic heterocycles. The van der Waals surface area contributed by atoms with Crippen LogP contribution in [0.1, 0.15) is 6.92 Å². The third-order valence-electron chi connectivity index (χ3n) is 6.32. The second kappa shape index (κ2) is 14.4. The third-order valence-corrected chi connectivity index (χ3v) is 6.32. The summed E-state index contributed by atoms with van der Waals surface area (Å²) in [7, 11) is 0. The van der Waals surface area contributed by atoms with Crippen molar-refractivity contribution in [2.45, 2.75) is 92.8 Å². The van der Waals surface area contributed by atoms with E-state index in [2.05, 4.69) is 6.58 Å². The van der Waals surface area contributed by atoms with Gasteiger partial charge in [0.05, 0.1) is 19.8 Å². The van der Waals surface area contributed by atoms with E-state index in [1.165, 1.54) is 6.92 Å². The first-order valence-corrected chi connectivity index (χ1v) is 11.8. The molecule has 2 heterocycles. The number of carbonyl (C=O) groups excluding carboxylic acids is 2. The van der Waals surface area contributed by atoms with E-state index in [1.54, 1.807) is 0 Å². The molecular formula is C22H36O17. The second-order valence-electron chi connectivity index (χ2n) is 9.35. The van der Waals surface area contributed by atoms with Crippen molar-refractivity contribution in [2.24, 2.45) is 0 Å². The molecule has 0 unspecified atom stereocenters. The van der Waals surface area contributed by atoms with Gasteiger partial charge in [-0.15, -0.1) is 0 Å². The molecule has 0 saturated carbocycles. The van der Waals surface area contributed by atoms with Gasteiger partial charge >= 0.3 is 0 Å². The fraction of sp³-hybridized carbons (Fsp3) is 0.818. The molecule has 0 bridgehead atoms. The van der Waals surface area contributed by atoms with Gasteiger partial charge in [-0.1, -0.05) is 6.58 Å². The first-order chi connectivity index (χ1) is 18.1. The van der Waals surface area contributed by atoms with Crippen molar-refractivity contribution in [1.29, 1.82) is 0 Å². The minimum Gasteiger partial charge on any atom is -0.394 e. The van der Waals surface area contributed by atoms with Crippen LogP contribution < -0.4 is 0 Å². The number of rotatable bonds is 13. The maximum atomic E-state index is 11.8. The normalized spacial score (nSPS) is 38.5. The van der Waals surface area contributed by atoms with Gasteiger partial charge in [-0.2, -0.15) is 0 Å². The quantitative estimate of drug-likeness (QED) is 0.0721. The number of hydrogen-bond donors (Lipinski definition) is 11. The van der Waals surface area contributed by atoms with Crippen LogP contribution in [0.5, 0.6) is 0 Å². The van der Waals surface area contributed by atoms with Crippen LogP contribution in [-0.4, -0.2) is 173 Å². The Kier molecular flexibility index (Phi) is 12.4. The summed E-state index contributed by atoms with van der Waals surface area (Å²) in [6, 6.07) is 0. The van der Waals surface area contributed by atoms with E-state index >= 15 is 0 Å². The maximum absolute atomic E-state index is 11.8. The number of carbonyl (C=O) groups is 2. The maximum Gasteiger partial charge on any atom is 0.234 e. The predicted octanol–water partition coefficient (Wildman–Crippen LogP) is -7.21. The van der Waals surface area contributed by atoms with Crippen molar-refractivity contribution in [2.75, 3.05) is 19.8 Å². The molecule has 14 atom stereocenters. The van der Waals surface area contributed by atoms with Crippen LogP contribution in [-0.2, 0) is 28.5 Å². The summed E-state index contributed by atoms with van der Waals surface area (Å²) in [6.45, 7) is 2.11. The monoisotopic (exact) mass is 572 g/mol. The average molecular weight is 573 g/mol. The molecule has 17 nitrogen and oxygen atoms in total. The molecular weight excluding hydrogens is 536 g/mol. The molecule has 0 spiro atoms. The Morgan fingerprint density at radius 3 is 1.77 bits per heavy atom. The Bertz CT molecular complexity index is 837. The number of hydrogen-bond acceptors (Lipinski definition) is 17. The second-order valence-corrected chi connectivity index (χ2v) is 9.35. The van der Waals surface area contributed by atoms with Gasteiger partial charge in [-0.05, 0) is 12.5 Å². The summed E-state index contributed by atoms with van der Waals surface area (Å²) in [6.07, 6.45) is -25.9. The number of aliphatic hydroxyl groups excluding tert-OH is 11. The smallest absolute Gasteiger partial charge is 0.234 e. The number of Topliss-reactive ketones (excluding diaryl/α,β-unsaturated/α-hetero) is 2. The molecule has 17 heteroatoms. The summed E-state index contributed by atoms with van der Waals surface area (Å²) < 4.78 is 20.9. The Balaban J connectivity index is 1.97. The van der Waals surface area contributed by atoms with E-state index < -0.39 is 117 Å². The van der Waals surface area contributed by atoms with Crippen LogP contribution in [0.15, 0.2) is 12.2 Å². The van der Waals surface area contributed by atoms with Crippen molar-refractivity contribution >= 4 is 11.6 Å². The van der Waals surface area contributed by atoms with Crippen LogP contribution in [0.2, 0.25) is 0 Å². The SMILES string of the molecule is C=C(C)C(=O)C(=O)[C@H](O)[C@@H](O)[C@H](O)[C@H](O)CO[C@H]1O[C@H](CO[C@H]2O[C@H](CO)[C@@H](O)[C@H](O)[C@H]2O)[C@@H](O)[C@H](O)[C@H]1O. The molecule has 2 aliphatic heterocycles. The van der Waals surface area contributed by atoms with Gasteiger partial charge in [0, 0.05) is 0 Å². The van der Waals surface area contributed by atoms with Crippen molar-refractivity contribution in [3.05, 3.63) is 12.2 Å². The van der Waals surface area contributed by atoms with Gasteiger partial charge < -0.3 is 75.1 Å². The largest absolute Gasteiger partial charge is 0.394 e. The van der Waals surface area contributed by atoms with E-state index in [-0.39, 0.29) is 5.57 Å². The highest BCUT2D eigenvalue weighted by Gasteiger charge is 2.48. The minimum absolute atomic E-state index is 0.237. The number of aliphatic hydroxyl groups is 11. The Morgan fingerprint density at radius 2 is 1.26 bits per heavy atom. The third kappa shape index (κ3) is 7.82. The Morgan fingerprint density at radius 1 is 0.769 bits per heavy atom. The average Bonchev–Trinajstić information content (AvgIpc) is 2.92. The van der Waals surface area contributed by atoms with Crippen LogP contribution in [0.4, 0.5) is 0 Å². The summed E-state index contributed by atoms with van der Waals surface area (Å²) >= 11 is 0. The Labute approximate surface area is 221 Å². The molecule has 0 aliphatic carbocycles. The lowest BCUT2D eigenvalue weighted by Crippen LogP contribution is -2.62. The lowest BCUT2D eigenvalue weighted by atomic mass is 9.96. The number of ketones is 2. The van der Waals surface area contributed by atoms with Crippen LogP contribution in [0, 0.1) is 0 Å². The van der Waals surface area contributed by atoms with Gasteiger partial charge in [-0.3, -0.25) is 9.59 Å². The van der Waals surface area contributed by atoms with E-state index in [1.807, 2.05) is 0 Å². The fourth-order valence-electron chi connectivity index (χ4n) is 3.79. The molecule has 11 N–H and O–H groups in total. The highest BCUT2D eigenvalue weighted by molar-refractivity contribution is 6.44. The zero-order valence-corrected chi connectivity index (χ0v) is 20.8. The molecule has 226 valence electrons. The van der Waals surface area contributed by atoms with Crippen LogP contribution >= 0.6 is 0 Å². The topological polar surface area (TPSA) is 294 Å². The van der Waals surface area contributed by atoms with Crippen molar-refractivity contribution < 1.29 is 84.7 Å². The van der Waals surface area contributed by atoms with Crippen LogP contribution in [0.25, 0.3) is 0 Å². The molecule has 0 aromatic rings. The molecule has 0 amide bonds. The zero-order chi connectivity index (χ0) is 29.8. The number of ether oxygens (including phenoxy) is 4. The molecule has 2 fully saturated rings. The predicted molar refractivity (Wildman–Crippen MR) is 121 cm³/mol. The van der Waals surface area contributed by atoms with Gasteiger partial charge in [0.25, 0.3) is 0 Å². The lowest BCUT2D eigenvalue weighted by Gasteiger charge is -2.42. The summed E-state index contributed by atoms with van der Waals surface area (Å²) in [4.78, 5) is 23.5. The highest BCUT2D eigenvalue weighted by atomic mass is 16.7.